The van der Waals surface area contributed by atoms with Crippen LogP contribution < -0.4 is 0 Å². The monoisotopic (exact) mass is 707 g/mol. The zero-order valence-electron chi connectivity index (χ0n) is 32.8. The summed E-state index contributed by atoms with van der Waals surface area (Å²) in [5.74, 6) is -1.54. The van der Waals surface area contributed by atoms with Crippen molar-refractivity contribution in [3.8, 4) is 0 Å². The predicted molar refractivity (Wildman–Crippen MR) is 206 cm³/mol. The van der Waals surface area contributed by atoms with Crippen molar-refractivity contribution in [3.05, 3.63) is 36.5 Å². The standard InChI is InChI=1S/C42H75NO7/c1-6-8-10-12-14-16-17-18-19-20-21-22-23-25-26-28-30-32-40(44)49-37-38(36-48-35-34-39(42(46)47)43(3,4)5)50-41(45)33-31-29-27-24-15-13-11-9-7-2/h18-19,21-22,25-26,38-39H,6-17,20,23-24,27-37H2,1-5H3/p+1/b19-18+,22-21+,26-25+. The van der Waals surface area contributed by atoms with E-state index in [1.54, 1.807) is 0 Å². The highest BCUT2D eigenvalue weighted by atomic mass is 16.6. The molecule has 0 aliphatic heterocycles. The molecule has 2 unspecified atom stereocenters. The Balaban J connectivity index is 4.43. The number of carboxylic acids is 1. The Morgan fingerprint density at radius 3 is 1.62 bits per heavy atom. The number of ether oxygens (including phenoxy) is 3. The number of aliphatic carboxylic acids is 1. The summed E-state index contributed by atoms with van der Waals surface area (Å²) in [5.41, 5.74) is 0. The zero-order valence-corrected chi connectivity index (χ0v) is 32.8. The molecule has 0 aromatic carbocycles. The molecule has 1 N–H and O–H groups in total. The molecule has 0 aliphatic carbocycles. The van der Waals surface area contributed by atoms with Crippen LogP contribution in [0, 0.1) is 0 Å². The molecule has 0 saturated carbocycles. The average Bonchev–Trinajstić information content (AvgIpc) is 3.06. The van der Waals surface area contributed by atoms with Crippen molar-refractivity contribution in [2.24, 2.45) is 0 Å². The van der Waals surface area contributed by atoms with Gasteiger partial charge in [-0.1, -0.05) is 134 Å². The van der Waals surface area contributed by atoms with Crippen molar-refractivity contribution < 1.29 is 38.2 Å². The molecule has 290 valence electrons. The SMILES string of the molecule is CCCCCCCC/C=C/C/C=C/C/C=C/CCCC(=O)OCC(COCCC(C(=O)O)[N+](C)(C)C)OC(=O)CCCCCCCCCCC. The highest BCUT2D eigenvalue weighted by Gasteiger charge is 2.31. The Hall–Kier alpha value is -2.45. The zero-order chi connectivity index (χ0) is 37.1. The highest BCUT2D eigenvalue weighted by molar-refractivity contribution is 5.72. The number of rotatable bonds is 35. The van der Waals surface area contributed by atoms with Crippen LogP contribution in [0.5, 0.6) is 0 Å². The summed E-state index contributed by atoms with van der Waals surface area (Å²) in [6.07, 6.45) is 36.3. The number of likely N-dealkylation sites (N-methyl/N-ethyl adjacent to an activating group) is 1. The molecule has 0 amide bonds. The van der Waals surface area contributed by atoms with Crippen molar-refractivity contribution in [2.45, 2.75) is 174 Å². The van der Waals surface area contributed by atoms with Gasteiger partial charge in [0.05, 0.1) is 34.4 Å². The molecule has 8 nitrogen and oxygen atoms in total. The normalized spacial score (nSPS) is 13.4. The number of allylic oxidation sites excluding steroid dienone is 6. The second-order valence-corrected chi connectivity index (χ2v) is 14.5. The molecule has 0 bridgehead atoms. The molecule has 0 fully saturated rings. The summed E-state index contributed by atoms with van der Waals surface area (Å²) < 4.78 is 17.1. The van der Waals surface area contributed by atoms with E-state index in [0.29, 0.717) is 19.3 Å². The minimum Gasteiger partial charge on any atom is -0.477 e. The minimum absolute atomic E-state index is 0.0471. The number of esters is 2. The third-order valence-corrected chi connectivity index (χ3v) is 8.79. The lowest BCUT2D eigenvalue weighted by Gasteiger charge is -2.31. The van der Waals surface area contributed by atoms with Gasteiger partial charge in [-0.2, -0.15) is 0 Å². The van der Waals surface area contributed by atoms with Crippen molar-refractivity contribution in [3.63, 3.8) is 0 Å². The molecule has 0 aromatic heterocycles. The van der Waals surface area contributed by atoms with Crippen LogP contribution in [0.4, 0.5) is 0 Å². The molecule has 0 aliphatic rings. The molecule has 0 heterocycles. The quantitative estimate of drug-likeness (QED) is 0.0303. The molecule has 0 rings (SSSR count). The van der Waals surface area contributed by atoms with Crippen molar-refractivity contribution in [1.82, 2.24) is 0 Å². The lowest BCUT2D eigenvalue weighted by Crippen LogP contribution is -2.50. The number of hydrogen-bond donors (Lipinski definition) is 1. The second-order valence-electron chi connectivity index (χ2n) is 14.5. The topological polar surface area (TPSA) is 99.1 Å². The average molecular weight is 707 g/mol. The Morgan fingerprint density at radius 2 is 1.08 bits per heavy atom. The first-order valence-corrected chi connectivity index (χ1v) is 20.0. The van der Waals surface area contributed by atoms with Gasteiger partial charge in [-0.05, 0) is 44.9 Å². The smallest absolute Gasteiger partial charge is 0.362 e. The fraction of sp³-hybridized carbons (Fsp3) is 0.786. The van der Waals surface area contributed by atoms with Crippen molar-refractivity contribution >= 4 is 17.9 Å². The second kappa shape index (κ2) is 33.7. The number of carbonyl (C=O) groups excluding carboxylic acids is 2. The first-order chi connectivity index (χ1) is 24.1. The number of unbranched alkanes of at least 4 members (excludes halogenated alkanes) is 15. The Labute approximate surface area is 306 Å². The first kappa shape index (κ1) is 47.5. The Morgan fingerprint density at radius 1 is 0.600 bits per heavy atom. The van der Waals surface area contributed by atoms with Gasteiger partial charge in [0.25, 0.3) is 0 Å². The van der Waals surface area contributed by atoms with Crippen LogP contribution in [-0.2, 0) is 28.6 Å². The van der Waals surface area contributed by atoms with Crippen LogP contribution in [0.15, 0.2) is 36.5 Å². The fourth-order valence-corrected chi connectivity index (χ4v) is 5.64. The molecular weight excluding hydrogens is 630 g/mol. The number of hydrogen-bond acceptors (Lipinski definition) is 6. The molecular formula is C42H76NO7+. The van der Waals surface area contributed by atoms with Gasteiger partial charge in [-0.15, -0.1) is 0 Å². The van der Waals surface area contributed by atoms with Crippen LogP contribution in [0.2, 0.25) is 0 Å². The molecule has 2 atom stereocenters. The van der Waals surface area contributed by atoms with Gasteiger partial charge in [0.1, 0.15) is 6.61 Å². The summed E-state index contributed by atoms with van der Waals surface area (Å²) in [4.78, 5) is 36.7. The number of carbonyl (C=O) groups is 3. The number of carboxylic acid groups (broad SMARTS) is 1. The van der Waals surface area contributed by atoms with Crippen molar-refractivity contribution in [1.29, 1.82) is 0 Å². The van der Waals surface area contributed by atoms with E-state index in [-0.39, 0.29) is 42.7 Å². The van der Waals surface area contributed by atoms with Crippen LogP contribution in [0.25, 0.3) is 0 Å². The minimum atomic E-state index is -0.882. The molecule has 0 aromatic rings. The third-order valence-electron chi connectivity index (χ3n) is 8.79. The summed E-state index contributed by atoms with van der Waals surface area (Å²) in [6, 6.07) is -0.618. The van der Waals surface area contributed by atoms with Crippen LogP contribution in [0.3, 0.4) is 0 Å². The van der Waals surface area contributed by atoms with Crippen LogP contribution in [0.1, 0.15) is 162 Å². The van der Waals surface area contributed by atoms with E-state index in [0.717, 1.165) is 38.5 Å². The highest BCUT2D eigenvalue weighted by Crippen LogP contribution is 2.13. The number of nitrogens with zero attached hydrogens (tertiary/aromatic N) is 1. The molecule has 0 saturated heterocycles. The summed E-state index contributed by atoms with van der Waals surface area (Å²) in [6.45, 7) is 4.64. The molecule has 8 heteroatoms. The molecule has 50 heavy (non-hydrogen) atoms. The largest absolute Gasteiger partial charge is 0.477 e. The summed E-state index contributed by atoms with van der Waals surface area (Å²) in [5, 5.41) is 9.57. The maximum Gasteiger partial charge on any atom is 0.362 e. The van der Waals surface area contributed by atoms with E-state index in [2.05, 4.69) is 50.3 Å². The summed E-state index contributed by atoms with van der Waals surface area (Å²) in [7, 11) is 5.50. The lowest BCUT2D eigenvalue weighted by atomic mass is 10.1. The van der Waals surface area contributed by atoms with E-state index < -0.39 is 18.1 Å². The Kier molecular flexibility index (Phi) is 32.0. The maximum absolute atomic E-state index is 12.6. The van der Waals surface area contributed by atoms with Gasteiger partial charge < -0.3 is 23.8 Å². The molecule has 0 radical (unpaired) electrons. The maximum atomic E-state index is 12.6. The van der Waals surface area contributed by atoms with Gasteiger partial charge in [-0.3, -0.25) is 9.59 Å². The number of quaternary nitrogens is 1. The third kappa shape index (κ3) is 31.5. The first-order valence-electron chi connectivity index (χ1n) is 20.0. The van der Waals surface area contributed by atoms with Gasteiger partial charge in [0.15, 0.2) is 12.1 Å². The predicted octanol–water partition coefficient (Wildman–Crippen LogP) is 10.3. The van der Waals surface area contributed by atoms with E-state index >= 15 is 0 Å². The van der Waals surface area contributed by atoms with Crippen molar-refractivity contribution in [2.75, 3.05) is 41.0 Å². The van der Waals surface area contributed by atoms with E-state index in [4.69, 9.17) is 14.2 Å². The fourth-order valence-electron chi connectivity index (χ4n) is 5.64. The molecule has 0 spiro atoms. The van der Waals surface area contributed by atoms with Gasteiger partial charge in [0, 0.05) is 19.3 Å². The summed E-state index contributed by atoms with van der Waals surface area (Å²) >= 11 is 0. The Bertz CT molecular complexity index is 922. The van der Waals surface area contributed by atoms with E-state index in [1.807, 2.05) is 21.1 Å². The van der Waals surface area contributed by atoms with E-state index in [9.17, 15) is 19.5 Å². The van der Waals surface area contributed by atoms with Crippen LogP contribution in [-0.4, -0.2) is 80.6 Å². The van der Waals surface area contributed by atoms with Gasteiger partial charge >= 0.3 is 17.9 Å². The van der Waals surface area contributed by atoms with Gasteiger partial charge in [0.2, 0.25) is 0 Å². The van der Waals surface area contributed by atoms with Gasteiger partial charge in [-0.25, -0.2) is 4.79 Å². The lowest BCUT2D eigenvalue weighted by molar-refractivity contribution is -0.887. The van der Waals surface area contributed by atoms with Crippen LogP contribution >= 0.6 is 0 Å². The van der Waals surface area contributed by atoms with E-state index in [1.165, 1.54) is 83.5 Å².